The van der Waals surface area contributed by atoms with E-state index in [1.165, 1.54) is 37.4 Å². The summed E-state index contributed by atoms with van der Waals surface area (Å²) in [7, 11) is 1.39. The Morgan fingerprint density at radius 2 is 1.48 bits per heavy atom. The minimum atomic E-state index is -1.06. The average Bonchev–Trinajstić information content (AvgIpc) is 2.60. The van der Waals surface area contributed by atoms with Crippen LogP contribution in [0.4, 0.5) is 4.79 Å². The van der Waals surface area contributed by atoms with Crippen LogP contribution in [0.25, 0.3) is 0 Å². The number of rotatable bonds is 4. The molecule has 0 bridgehead atoms. The van der Waals surface area contributed by atoms with E-state index < -0.39 is 17.8 Å². The lowest BCUT2D eigenvalue weighted by Crippen LogP contribution is -2.23. The third-order valence-corrected chi connectivity index (χ3v) is 3.01. The number of amides is 1. The van der Waals surface area contributed by atoms with Crippen molar-refractivity contribution in [2.75, 3.05) is 7.05 Å². The van der Waals surface area contributed by atoms with Gasteiger partial charge in [0.05, 0.1) is 11.1 Å². The van der Waals surface area contributed by atoms with Gasteiger partial charge in [0.1, 0.15) is 5.75 Å². The molecule has 0 aromatic heterocycles. The molecule has 0 radical (unpaired) electrons. The highest BCUT2D eigenvalue weighted by Crippen LogP contribution is 2.23. The molecule has 2 N–H and O–H groups in total. The highest BCUT2D eigenvalue weighted by atomic mass is 17.1. The van der Waals surface area contributed by atoms with Crippen LogP contribution >= 0.6 is 0 Å². The van der Waals surface area contributed by atoms with E-state index in [-0.39, 0.29) is 22.4 Å². The maximum Gasteiger partial charge on any atom is 0.412 e. The molecule has 0 saturated carbocycles. The molecule has 118 valence electrons. The Bertz CT molecular complexity index is 756. The summed E-state index contributed by atoms with van der Waals surface area (Å²) in [6.07, 6.45) is -0.728. The van der Waals surface area contributed by atoms with Crippen molar-refractivity contribution in [3.05, 3.63) is 65.2 Å². The molecule has 0 aliphatic rings. The van der Waals surface area contributed by atoms with Gasteiger partial charge in [0.2, 0.25) is 0 Å². The summed E-state index contributed by atoms with van der Waals surface area (Å²) in [5.74, 6) is -1.56. The minimum Gasteiger partial charge on any atom is -0.410 e. The number of ketones is 1. The fourth-order valence-electron chi connectivity index (χ4n) is 1.95. The molecule has 0 fully saturated rings. The Labute approximate surface area is 131 Å². The van der Waals surface area contributed by atoms with Gasteiger partial charge in [-0.1, -0.05) is 30.3 Å². The summed E-state index contributed by atoms with van der Waals surface area (Å²) in [5.41, 5.74) is 0.00328. The zero-order valence-corrected chi connectivity index (χ0v) is 12.1. The lowest BCUT2D eigenvalue weighted by Gasteiger charge is -2.10. The van der Waals surface area contributed by atoms with Crippen LogP contribution in [-0.2, 0) is 4.89 Å². The van der Waals surface area contributed by atoms with Crippen molar-refractivity contribution < 1.29 is 29.3 Å². The summed E-state index contributed by atoms with van der Waals surface area (Å²) >= 11 is 0. The van der Waals surface area contributed by atoms with E-state index in [9.17, 15) is 14.4 Å². The average molecular weight is 315 g/mol. The van der Waals surface area contributed by atoms with Gasteiger partial charge in [-0.25, -0.2) is 9.59 Å². The van der Waals surface area contributed by atoms with E-state index in [1.807, 2.05) is 0 Å². The van der Waals surface area contributed by atoms with Crippen molar-refractivity contribution in [2.45, 2.75) is 0 Å². The number of hydrogen-bond donors (Lipinski definition) is 2. The lowest BCUT2D eigenvalue weighted by molar-refractivity contribution is -0.182. The number of para-hydroxylation sites is 1. The first kappa shape index (κ1) is 16.2. The van der Waals surface area contributed by atoms with Gasteiger partial charge < -0.3 is 10.1 Å². The predicted octanol–water partition coefficient (Wildman–Crippen LogP) is 2.27. The minimum absolute atomic E-state index is 0.0134. The normalized spacial score (nSPS) is 9.83. The standard InChI is InChI=1S/C16H13NO6/c1-17-16(20)22-13-9-5-4-8-12(13)14(18)10-6-2-3-7-11(10)15(19)23-21/h2-9,21H,1H3,(H,17,20). The van der Waals surface area contributed by atoms with Crippen molar-refractivity contribution in [1.29, 1.82) is 0 Å². The molecule has 0 aliphatic carbocycles. The lowest BCUT2D eigenvalue weighted by atomic mass is 9.98. The number of carbonyl (C=O) groups excluding carboxylic acids is 3. The fraction of sp³-hybridized carbons (Fsp3) is 0.0625. The van der Waals surface area contributed by atoms with Crippen LogP contribution in [0, 0.1) is 0 Å². The first-order valence-electron chi connectivity index (χ1n) is 6.56. The Kier molecular flexibility index (Phi) is 5.06. The molecule has 23 heavy (non-hydrogen) atoms. The van der Waals surface area contributed by atoms with Crippen molar-refractivity contribution in [3.63, 3.8) is 0 Å². The van der Waals surface area contributed by atoms with Crippen LogP contribution in [0.3, 0.4) is 0 Å². The van der Waals surface area contributed by atoms with Crippen molar-refractivity contribution in [2.24, 2.45) is 0 Å². The van der Waals surface area contributed by atoms with Gasteiger partial charge in [0.15, 0.2) is 5.78 Å². The van der Waals surface area contributed by atoms with Crippen molar-refractivity contribution in [1.82, 2.24) is 5.32 Å². The van der Waals surface area contributed by atoms with Crippen molar-refractivity contribution in [3.8, 4) is 5.75 Å². The smallest absolute Gasteiger partial charge is 0.410 e. The Hall–Kier alpha value is -3.19. The van der Waals surface area contributed by atoms with Crippen LogP contribution in [0.5, 0.6) is 5.75 Å². The monoisotopic (exact) mass is 315 g/mol. The van der Waals surface area contributed by atoms with Crippen LogP contribution < -0.4 is 10.1 Å². The molecule has 2 aromatic rings. The third kappa shape index (κ3) is 3.53. The summed E-state index contributed by atoms with van der Waals surface area (Å²) in [6.45, 7) is 0. The molecule has 1 amide bonds. The maximum absolute atomic E-state index is 12.7. The quantitative estimate of drug-likeness (QED) is 0.510. The summed E-state index contributed by atoms with van der Waals surface area (Å²) in [6, 6.07) is 11.9. The van der Waals surface area contributed by atoms with Gasteiger partial charge in [-0.15, -0.1) is 0 Å². The van der Waals surface area contributed by atoms with Crippen LogP contribution in [-0.4, -0.2) is 30.2 Å². The molecule has 0 unspecified atom stereocenters. The molecular formula is C16H13NO6. The second-order valence-electron chi connectivity index (χ2n) is 4.39. The first-order chi connectivity index (χ1) is 11.1. The second kappa shape index (κ2) is 7.19. The molecule has 0 aliphatic heterocycles. The van der Waals surface area contributed by atoms with Gasteiger partial charge in [0.25, 0.3) is 0 Å². The molecule has 2 rings (SSSR count). The first-order valence-corrected chi connectivity index (χ1v) is 6.56. The Morgan fingerprint density at radius 3 is 2.09 bits per heavy atom. The number of nitrogens with one attached hydrogen (secondary N) is 1. The number of benzene rings is 2. The number of carbonyl (C=O) groups is 3. The number of ether oxygens (including phenoxy) is 1. The predicted molar refractivity (Wildman–Crippen MR) is 79.4 cm³/mol. The van der Waals surface area contributed by atoms with Gasteiger partial charge >= 0.3 is 12.1 Å². The van der Waals surface area contributed by atoms with Gasteiger partial charge in [-0.2, -0.15) is 5.26 Å². The third-order valence-electron chi connectivity index (χ3n) is 3.01. The number of hydrogen-bond acceptors (Lipinski definition) is 6. The molecule has 0 saturated heterocycles. The fourth-order valence-corrected chi connectivity index (χ4v) is 1.95. The van der Waals surface area contributed by atoms with E-state index >= 15 is 0 Å². The second-order valence-corrected chi connectivity index (χ2v) is 4.39. The highest BCUT2D eigenvalue weighted by molar-refractivity contribution is 6.15. The largest absolute Gasteiger partial charge is 0.412 e. The van der Waals surface area contributed by atoms with Crippen LogP contribution in [0.2, 0.25) is 0 Å². The van der Waals surface area contributed by atoms with Gasteiger partial charge in [0, 0.05) is 12.6 Å². The Morgan fingerprint density at radius 1 is 0.913 bits per heavy atom. The highest BCUT2D eigenvalue weighted by Gasteiger charge is 2.22. The summed E-state index contributed by atoms with van der Waals surface area (Å²) in [5, 5.41) is 10.8. The summed E-state index contributed by atoms with van der Waals surface area (Å²) in [4.78, 5) is 39.3. The van der Waals surface area contributed by atoms with E-state index in [2.05, 4.69) is 10.2 Å². The van der Waals surface area contributed by atoms with E-state index in [0.717, 1.165) is 0 Å². The molecule has 0 atom stereocenters. The van der Waals surface area contributed by atoms with Crippen molar-refractivity contribution >= 4 is 17.8 Å². The molecule has 7 heteroatoms. The zero-order valence-electron chi connectivity index (χ0n) is 12.1. The van der Waals surface area contributed by atoms with Crippen LogP contribution in [0.15, 0.2) is 48.5 Å². The topological polar surface area (TPSA) is 102 Å². The SMILES string of the molecule is CNC(=O)Oc1ccccc1C(=O)c1ccccc1C(=O)OO. The van der Waals surface area contributed by atoms with E-state index in [0.29, 0.717) is 0 Å². The van der Waals surface area contributed by atoms with Crippen LogP contribution in [0.1, 0.15) is 26.3 Å². The van der Waals surface area contributed by atoms with E-state index in [4.69, 9.17) is 9.99 Å². The Balaban J connectivity index is 2.46. The van der Waals surface area contributed by atoms with E-state index in [1.54, 1.807) is 18.2 Å². The molecule has 7 nitrogen and oxygen atoms in total. The molecule has 2 aromatic carbocycles. The maximum atomic E-state index is 12.7. The van der Waals surface area contributed by atoms with Gasteiger partial charge in [-0.3, -0.25) is 9.68 Å². The molecule has 0 heterocycles. The molecular weight excluding hydrogens is 302 g/mol. The summed E-state index contributed by atoms with van der Waals surface area (Å²) < 4.78 is 5.03. The zero-order chi connectivity index (χ0) is 16.8. The van der Waals surface area contributed by atoms with Gasteiger partial charge in [-0.05, 0) is 18.2 Å². The molecule has 0 spiro atoms.